The molecule has 1 saturated heterocycles. The maximum Gasteiger partial charge on any atom is 0.387 e. The van der Waals surface area contributed by atoms with E-state index < -0.39 is 35.0 Å². The number of likely N-dealkylation sites (tertiary alicyclic amines) is 1. The van der Waals surface area contributed by atoms with E-state index in [1.807, 2.05) is 0 Å². The third-order valence-corrected chi connectivity index (χ3v) is 14.1. The topological polar surface area (TPSA) is 197 Å². The number of fused-ring (bicyclic) bond motifs is 2. The van der Waals surface area contributed by atoms with Gasteiger partial charge in [0.1, 0.15) is 56.9 Å². The Hall–Kier alpha value is -7.05. The number of esters is 1. The van der Waals surface area contributed by atoms with Crippen molar-refractivity contribution in [2.45, 2.75) is 97.5 Å². The fourth-order valence-electron chi connectivity index (χ4n) is 9.16. The first-order valence-corrected chi connectivity index (χ1v) is 27.7. The van der Waals surface area contributed by atoms with E-state index in [1.165, 1.54) is 26.4 Å². The smallest absolute Gasteiger partial charge is 0.387 e. The molecule has 0 atom stereocenters. The minimum atomic E-state index is -3.49. The molecule has 0 spiro atoms. The van der Waals surface area contributed by atoms with Crippen molar-refractivity contribution in [3.05, 3.63) is 84.4 Å². The average Bonchev–Trinajstić information content (AvgIpc) is 4.35. The van der Waals surface area contributed by atoms with E-state index >= 15 is 0 Å². The van der Waals surface area contributed by atoms with Crippen LogP contribution in [0.5, 0.6) is 34.5 Å². The summed E-state index contributed by atoms with van der Waals surface area (Å²) in [6, 6.07) is 13.0. The lowest BCUT2D eigenvalue weighted by molar-refractivity contribution is -0.160. The third-order valence-electron chi connectivity index (χ3n) is 13.5. The number of pyridine rings is 2. The van der Waals surface area contributed by atoms with Crippen molar-refractivity contribution in [3.63, 3.8) is 0 Å². The largest absolute Gasteiger partial charge is 0.496 e. The summed E-state index contributed by atoms with van der Waals surface area (Å²) in [5, 5.41) is 0. The van der Waals surface area contributed by atoms with Gasteiger partial charge in [-0.05, 0) is 87.3 Å². The number of piperidine rings is 1. The second kappa shape index (κ2) is 26.9. The highest BCUT2D eigenvalue weighted by Gasteiger charge is 2.43. The lowest BCUT2D eigenvalue weighted by Crippen LogP contribution is -2.47. The summed E-state index contributed by atoms with van der Waals surface area (Å²) in [6.45, 7) is -2.04. The summed E-state index contributed by atoms with van der Waals surface area (Å²) in [4.78, 5) is 48.6. The first-order chi connectivity index (χ1) is 37.8. The molecule has 0 amide bonds. The van der Waals surface area contributed by atoms with Crippen LogP contribution >= 0.6 is 0 Å². The van der Waals surface area contributed by atoms with Gasteiger partial charge in [0.2, 0.25) is 5.67 Å². The van der Waals surface area contributed by atoms with E-state index in [9.17, 15) is 44.8 Å². The van der Waals surface area contributed by atoms with Gasteiger partial charge in [0.05, 0.1) is 70.7 Å². The van der Waals surface area contributed by atoms with Gasteiger partial charge in [-0.15, -0.1) is 0 Å². The van der Waals surface area contributed by atoms with Crippen molar-refractivity contribution in [1.29, 1.82) is 0 Å². The molecule has 5 heterocycles. The Morgan fingerprint density at radius 3 is 1.55 bits per heavy atom. The van der Waals surface area contributed by atoms with E-state index in [2.05, 4.69) is 19.1 Å². The molecule has 0 unspecified atom stereocenters. The van der Waals surface area contributed by atoms with Gasteiger partial charge in [-0.2, -0.15) is 26.0 Å². The van der Waals surface area contributed by atoms with Crippen LogP contribution in [0.3, 0.4) is 0 Å². The standard InChI is InChI=1S/C31H36F3N3O6.C24H26F2N2O7S.CH4/c1-3-41-29(39)31(34)8-12-36(13-9-31)10-4-14-42-22-7-11-37-23(19-35-27(37)18-22)21-16-25(40-2)28(24(38)15-20-5-6-20)26(17-21)43-30(32)33;1-32-20-11-16(12-21(35-24(25)26)23(20)19(29)10-15-4-5-15)18-14-27-22-13-17(6-7-28(18)22)33-8-3-9-34-36(2,30)31;/h7,11,16-20,30H,3-6,8-10,12-15H2,1-2H3;6-7,11-15,24H,3-5,8-10H2,1-2H3;1H4. The van der Waals surface area contributed by atoms with Gasteiger partial charge in [0.15, 0.2) is 11.6 Å². The number of aromatic nitrogens is 4. The molecule has 0 radical (unpaired) electrons. The third kappa shape index (κ3) is 15.9. The number of ether oxygens (including phenoxy) is 7. The predicted octanol–water partition coefficient (Wildman–Crippen LogP) is 10.7. The Morgan fingerprint density at radius 1 is 0.688 bits per heavy atom. The van der Waals surface area contributed by atoms with Crippen LogP contribution in [0.15, 0.2) is 73.3 Å². The average molecular weight is 1140 g/mol. The number of halogens is 5. The van der Waals surface area contributed by atoms with Crippen molar-refractivity contribution < 1.29 is 82.1 Å². The lowest BCUT2D eigenvalue weighted by atomic mass is 9.93. The van der Waals surface area contributed by atoms with Crippen LogP contribution < -0.4 is 28.4 Å². The number of hydrogen-bond donors (Lipinski definition) is 0. The fraction of sp³-hybridized carbons (Fsp3) is 0.482. The number of rotatable bonds is 27. The van der Waals surface area contributed by atoms with E-state index in [0.717, 1.165) is 31.9 Å². The maximum absolute atomic E-state index is 14.8. The summed E-state index contributed by atoms with van der Waals surface area (Å²) in [6.07, 6.45) is 13.2. The van der Waals surface area contributed by atoms with Gasteiger partial charge in [0, 0.05) is 87.4 Å². The number of methoxy groups -OCH3 is 2. The second-order valence-corrected chi connectivity index (χ2v) is 21.1. The molecule has 0 bridgehead atoms. The Balaban J connectivity index is 0.000000232. The zero-order valence-corrected chi connectivity index (χ0v) is 44.9. The molecule has 9 rings (SSSR count). The highest BCUT2D eigenvalue weighted by molar-refractivity contribution is 7.85. The number of hydrogen-bond acceptors (Lipinski definition) is 16. The van der Waals surface area contributed by atoms with E-state index in [0.29, 0.717) is 84.4 Å². The minimum absolute atomic E-state index is 0. The SMILES string of the molecule is C.CCOC(=O)C1(F)CCN(CCCOc2ccn3c(-c4cc(OC)c(C(=O)CC5CC5)c(OC(F)F)c4)cnc3c2)CC1.COc1cc(-c2cnc3cc(OCCCOS(C)(=O)=O)ccn23)cc(OC(F)F)c1C(=O)CC1CC1. The molecule has 4 aromatic heterocycles. The predicted molar refractivity (Wildman–Crippen MR) is 285 cm³/mol. The van der Waals surface area contributed by atoms with Gasteiger partial charge < -0.3 is 38.1 Å². The first-order valence-electron chi connectivity index (χ1n) is 25.9. The summed E-state index contributed by atoms with van der Waals surface area (Å²) in [7, 11) is -0.732. The molecule has 0 N–H and O–H groups in total. The van der Waals surface area contributed by atoms with Crippen molar-refractivity contribution in [3.8, 4) is 57.0 Å². The molecule has 2 saturated carbocycles. The van der Waals surface area contributed by atoms with E-state index in [1.54, 1.807) is 76.9 Å². The lowest BCUT2D eigenvalue weighted by Gasteiger charge is -2.34. The number of alkyl halides is 5. The summed E-state index contributed by atoms with van der Waals surface area (Å²) in [5.74, 6) is 0.163. The van der Waals surface area contributed by atoms with Crippen LogP contribution in [0.25, 0.3) is 33.8 Å². The van der Waals surface area contributed by atoms with Crippen LogP contribution in [0.2, 0.25) is 0 Å². The van der Waals surface area contributed by atoms with Crippen LogP contribution in [-0.2, 0) is 23.8 Å². The number of ketones is 2. The molecular weight excluding hydrogens is 1080 g/mol. The van der Waals surface area contributed by atoms with Crippen molar-refractivity contribution in [1.82, 2.24) is 23.7 Å². The number of carbonyl (C=O) groups excluding carboxylic acids is 3. The number of imidazole rings is 2. The van der Waals surface area contributed by atoms with Gasteiger partial charge in [0.25, 0.3) is 10.1 Å². The van der Waals surface area contributed by atoms with Gasteiger partial charge in [-0.1, -0.05) is 7.43 Å². The molecule has 3 aliphatic rings. The first kappa shape index (κ1) is 60.6. The quantitative estimate of drug-likeness (QED) is 0.0155. The van der Waals surface area contributed by atoms with Crippen LogP contribution in [0, 0.1) is 11.8 Å². The van der Waals surface area contributed by atoms with Crippen molar-refractivity contribution in [2.75, 3.05) is 66.5 Å². The minimum Gasteiger partial charge on any atom is -0.496 e. The number of nitrogens with zero attached hydrogens (tertiary/aromatic N) is 5. The Kier molecular flexibility index (Phi) is 20.4. The molecule has 1 aliphatic heterocycles. The molecule has 2 aromatic carbocycles. The van der Waals surface area contributed by atoms with Crippen LogP contribution in [0.1, 0.15) is 99.3 Å². The number of carbonyl (C=O) groups is 3. The van der Waals surface area contributed by atoms with E-state index in [-0.39, 0.29) is 110 Å². The number of benzene rings is 2. The summed E-state index contributed by atoms with van der Waals surface area (Å²) in [5.41, 5.74) is 1.37. The fourth-order valence-corrected chi connectivity index (χ4v) is 9.58. The Labute approximate surface area is 460 Å². The molecule has 434 valence electrons. The maximum atomic E-state index is 14.8. The molecule has 18 nitrogen and oxygen atoms in total. The Bertz CT molecular complexity index is 3230. The molecule has 3 fully saturated rings. The van der Waals surface area contributed by atoms with Crippen molar-refractivity contribution >= 4 is 38.9 Å². The normalized spacial score (nSPS) is 15.2. The molecule has 24 heteroatoms. The zero-order valence-electron chi connectivity index (χ0n) is 44.1. The highest BCUT2D eigenvalue weighted by Crippen LogP contribution is 2.43. The number of Topliss-reactive ketones (excluding diaryl/α,β-unsaturated/α-hetero) is 2. The monoisotopic (exact) mass is 1140 g/mol. The van der Waals surface area contributed by atoms with Gasteiger partial charge >= 0.3 is 19.2 Å². The van der Waals surface area contributed by atoms with Gasteiger partial charge in [-0.25, -0.2) is 19.2 Å². The Morgan fingerprint density at radius 2 is 1.14 bits per heavy atom. The second-order valence-electron chi connectivity index (χ2n) is 19.4. The van der Waals surface area contributed by atoms with Crippen LogP contribution in [-0.4, -0.2) is 135 Å². The van der Waals surface area contributed by atoms with Crippen LogP contribution in [0.4, 0.5) is 22.0 Å². The van der Waals surface area contributed by atoms with E-state index in [4.69, 9.17) is 33.2 Å². The molecule has 2 aliphatic carbocycles. The van der Waals surface area contributed by atoms with Gasteiger partial charge in [-0.3, -0.25) is 22.6 Å². The highest BCUT2D eigenvalue weighted by atomic mass is 32.2. The summed E-state index contributed by atoms with van der Waals surface area (Å²) >= 11 is 0. The zero-order chi connectivity index (χ0) is 56.4. The van der Waals surface area contributed by atoms with Crippen molar-refractivity contribution in [2.24, 2.45) is 11.8 Å². The molecule has 6 aromatic rings. The summed E-state index contributed by atoms with van der Waals surface area (Å²) < 4.78 is 135. The molecular formula is C56H66F5N5O13S. The molecule has 80 heavy (non-hydrogen) atoms.